The summed E-state index contributed by atoms with van der Waals surface area (Å²) >= 11 is 1.51. The van der Waals surface area contributed by atoms with Crippen molar-refractivity contribution in [2.24, 2.45) is 5.84 Å². The van der Waals surface area contributed by atoms with E-state index in [2.05, 4.69) is 15.7 Å². The van der Waals surface area contributed by atoms with Gasteiger partial charge in [0.2, 0.25) is 0 Å². The van der Waals surface area contributed by atoms with Crippen LogP contribution in [-0.2, 0) is 6.54 Å². The Kier molecular flexibility index (Phi) is 3.93. The monoisotopic (exact) mass is 279 g/mol. The Labute approximate surface area is 113 Å². The van der Waals surface area contributed by atoms with Crippen molar-refractivity contribution in [3.63, 3.8) is 0 Å². The molecule has 1 aromatic carbocycles. The molecule has 7 nitrogen and oxygen atoms in total. The fourth-order valence-electron chi connectivity index (χ4n) is 1.65. The van der Waals surface area contributed by atoms with Crippen molar-refractivity contribution in [1.29, 1.82) is 0 Å². The number of hydrogen-bond donors (Lipinski definition) is 3. The van der Waals surface area contributed by atoms with Crippen LogP contribution in [0.25, 0.3) is 0 Å². The molecule has 0 saturated carbocycles. The molecule has 100 valence electrons. The van der Waals surface area contributed by atoms with E-state index < -0.39 is 4.92 Å². The van der Waals surface area contributed by atoms with Gasteiger partial charge in [-0.15, -0.1) is 11.3 Å². The van der Waals surface area contributed by atoms with Gasteiger partial charge in [-0.25, -0.2) is 4.98 Å². The molecule has 0 aliphatic carbocycles. The van der Waals surface area contributed by atoms with Crippen molar-refractivity contribution in [2.45, 2.75) is 13.5 Å². The van der Waals surface area contributed by atoms with E-state index in [0.717, 1.165) is 10.7 Å². The molecule has 0 saturated heterocycles. The molecule has 1 aromatic heterocycles. The SMILES string of the molecule is Cc1csc(CNc2cccc(NN)c2[N+](=O)[O-])n1. The number of anilines is 2. The van der Waals surface area contributed by atoms with Crippen LogP contribution in [0.2, 0.25) is 0 Å². The first-order chi connectivity index (χ1) is 9.11. The third-order valence-electron chi connectivity index (χ3n) is 2.47. The lowest BCUT2D eigenvalue weighted by molar-refractivity contribution is -0.383. The van der Waals surface area contributed by atoms with E-state index >= 15 is 0 Å². The van der Waals surface area contributed by atoms with E-state index in [-0.39, 0.29) is 11.4 Å². The first kappa shape index (κ1) is 13.2. The number of thiazole rings is 1. The lowest BCUT2D eigenvalue weighted by Gasteiger charge is -2.08. The van der Waals surface area contributed by atoms with Crippen LogP contribution in [0.3, 0.4) is 0 Å². The highest BCUT2D eigenvalue weighted by Gasteiger charge is 2.18. The van der Waals surface area contributed by atoms with Crippen molar-refractivity contribution >= 4 is 28.4 Å². The highest BCUT2D eigenvalue weighted by Crippen LogP contribution is 2.32. The van der Waals surface area contributed by atoms with E-state index in [1.165, 1.54) is 11.3 Å². The Morgan fingerprint density at radius 2 is 2.21 bits per heavy atom. The first-order valence-corrected chi connectivity index (χ1v) is 6.38. The minimum absolute atomic E-state index is 0.0710. The predicted octanol–water partition coefficient (Wildman–Crippen LogP) is 2.26. The zero-order valence-corrected chi connectivity index (χ0v) is 11.0. The normalized spacial score (nSPS) is 10.2. The van der Waals surface area contributed by atoms with Crippen molar-refractivity contribution in [2.75, 3.05) is 10.7 Å². The summed E-state index contributed by atoms with van der Waals surface area (Å²) in [4.78, 5) is 14.9. The molecule has 0 fully saturated rings. The molecule has 0 amide bonds. The zero-order chi connectivity index (χ0) is 13.8. The summed E-state index contributed by atoms with van der Waals surface area (Å²) in [6.07, 6.45) is 0. The molecule has 0 aliphatic heterocycles. The third-order valence-corrected chi connectivity index (χ3v) is 3.44. The summed E-state index contributed by atoms with van der Waals surface area (Å²) in [6.45, 7) is 2.34. The molecule has 19 heavy (non-hydrogen) atoms. The number of para-hydroxylation sites is 1. The van der Waals surface area contributed by atoms with Gasteiger partial charge in [0.1, 0.15) is 16.4 Å². The molecule has 2 rings (SSSR count). The Balaban J connectivity index is 2.22. The van der Waals surface area contributed by atoms with E-state index in [1.807, 2.05) is 12.3 Å². The molecule has 2 aromatic rings. The fraction of sp³-hybridized carbons (Fsp3) is 0.182. The quantitative estimate of drug-likeness (QED) is 0.440. The van der Waals surface area contributed by atoms with Crippen LogP contribution in [0.15, 0.2) is 23.6 Å². The molecule has 0 radical (unpaired) electrons. The molecule has 0 unspecified atom stereocenters. The van der Waals surface area contributed by atoms with E-state index in [4.69, 9.17) is 5.84 Å². The number of nitro benzene ring substituents is 1. The zero-order valence-electron chi connectivity index (χ0n) is 10.2. The van der Waals surface area contributed by atoms with Crippen LogP contribution in [0.1, 0.15) is 10.7 Å². The fourth-order valence-corrected chi connectivity index (χ4v) is 2.37. The Bertz CT molecular complexity index is 599. The second-order valence-corrected chi connectivity index (χ2v) is 4.78. The maximum Gasteiger partial charge on any atom is 0.316 e. The third kappa shape index (κ3) is 2.98. The van der Waals surface area contributed by atoms with Crippen LogP contribution < -0.4 is 16.6 Å². The van der Waals surface area contributed by atoms with Gasteiger partial charge in [-0.2, -0.15) is 0 Å². The van der Waals surface area contributed by atoms with Gasteiger partial charge in [0.25, 0.3) is 0 Å². The topological polar surface area (TPSA) is 106 Å². The first-order valence-electron chi connectivity index (χ1n) is 5.50. The second-order valence-electron chi connectivity index (χ2n) is 3.84. The lowest BCUT2D eigenvalue weighted by Crippen LogP contribution is -2.11. The molecule has 0 spiro atoms. The predicted molar refractivity (Wildman–Crippen MR) is 75.1 cm³/mol. The highest BCUT2D eigenvalue weighted by atomic mass is 32.1. The Morgan fingerprint density at radius 3 is 2.79 bits per heavy atom. The van der Waals surface area contributed by atoms with E-state index in [9.17, 15) is 10.1 Å². The van der Waals surface area contributed by atoms with Gasteiger partial charge >= 0.3 is 5.69 Å². The largest absolute Gasteiger partial charge is 0.373 e. The van der Waals surface area contributed by atoms with Gasteiger partial charge in [0, 0.05) is 11.1 Å². The summed E-state index contributed by atoms with van der Waals surface area (Å²) in [5.41, 5.74) is 3.87. The molecule has 1 heterocycles. The van der Waals surface area contributed by atoms with Crippen LogP contribution in [0, 0.1) is 17.0 Å². The average molecular weight is 279 g/mol. The number of nitrogen functional groups attached to an aromatic ring is 1. The molecule has 0 atom stereocenters. The molecule has 8 heteroatoms. The van der Waals surface area contributed by atoms with Crippen molar-refractivity contribution in [1.82, 2.24) is 4.98 Å². The number of hydrogen-bond acceptors (Lipinski definition) is 7. The number of aromatic nitrogens is 1. The summed E-state index contributed by atoms with van der Waals surface area (Å²) in [7, 11) is 0. The molecule has 0 aliphatic rings. The number of nitro groups is 1. The van der Waals surface area contributed by atoms with Crippen molar-refractivity contribution in [3.8, 4) is 0 Å². The Morgan fingerprint density at radius 1 is 1.47 bits per heavy atom. The summed E-state index contributed by atoms with van der Waals surface area (Å²) < 4.78 is 0. The van der Waals surface area contributed by atoms with Gasteiger partial charge in [-0.3, -0.25) is 16.0 Å². The van der Waals surface area contributed by atoms with Crippen molar-refractivity contribution in [3.05, 3.63) is 44.4 Å². The molecular weight excluding hydrogens is 266 g/mol. The number of aryl methyl sites for hydroxylation is 1. The van der Waals surface area contributed by atoms with Crippen LogP contribution in [0.5, 0.6) is 0 Å². The van der Waals surface area contributed by atoms with E-state index in [1.54, 1.807) is 18.2 Å². The standard InChI is InChI=1S/C11H13N5O2S/c1-7-6-19-10(14-7)5-13-8-3-2-4-9(15-12)11(8)16(17)18/h2-4,6,13,15H,5,12H2,1H3. The number of hydrazine groups is 1. The molecule has 0 bridgehead atoms. The number of nitrogens with zero attached hydrogens (tertiary/aromatic N) is 2. The molecule has 4 N–H and O–H groups in total. The van der Waals surface area contributed by atoms with Gasteiger partial charge in [0.05, 0.1) is 11.5 Å². The summed E-state index contributed by atoms with van der Waals surface area (Å²) in [5.74, 6) is 5.28. The van der Waals surface area contributed by atoms with Crippen LogP contribution >= 0.6 is 11.3 Å². The maximum absolute atomic E-state index is 11.1. The van der Waals surface area contributed by atoms with Gasteiger partial charge in [-0.05, 0) is 19.1 Å². The van der Waals surface area contributed by atoms with Crippen LogP contribution in [0.4, 0.5) is 17.1 Å². The number of rotatable bonds is 5. The number of nitrogens with one attached hydrogen (secondary N) is 2. The summed E-state index contributed by atoms with van der Waals surface area (Å²) in [6, 6.07) is 4.88. The minimum Gasteiger partial charge on any atom is -0.373 e. The van der Waals surface area contributed by atoms with Crippen molar-refractivity contribution < 1.29 is 4.92 Å². The maximum atomic E-state index is 11.1. The average Bonchev–Trinajstić information content (AvgIpc) is 2.81. The smallest absolute Gasteiger partial charge is 0.316 e. The van der Waals surface area contributed by atoms with Crippen LogP contribution in [-0.4, -0.2) is 9.91 Å². The number of nitrogens with two attached hydrogens (primary N) is 1. The van der Waals surface area contributed by atoms with Gasteiger partial charge in [0.15, 0.2) is 0 Å². The summed E-state index contributed by atoms with van der Waals surface area (Å²) in [5, 5.41) is 16.9. The van der Waals surface area contributed by atoms with Gasteiger partial charge in [-0.1, -0.05) is 6.07 Å². The second kappa shape index (κ2) is 5.63. The Hall–Kier alpha value is -2.19. The molecular formula is C11H13N5O2S. The minimum atomic E-state index is -0.468. The number of benzene rings is 1. The van der Waals surface area contributed by atoms with Gasteiger partial charge < -0.3 is 10.7 Å². The van der Waals surface area contributed by atoms with E-state index in [0.29, 0.717) is 12.2 Å². The lowest BCUT2D eigenvalue weighted by atomic mass is 10.2. The highest BCUT2D eigenvalue weighted by molar-refractivity contribution is 7.09.